The smallest absolute Gasteiger partial charge is 0.267 e. The summed E-state index contributed by atoms with van der Waals surface area (Å²) >= 11 is 6.15. The molecule has 1 N–H and O–H groups in total. The molecule has 0 fully saturated rings. The van der Waals surface area contributed by atoms with Crippen LogP contribution in [0.5, 0.6) is 5.75 Å². The standard InChI is InChI=1S/C26H27ClN2O4S/c1-3-4-5-19-8-11-21(12-9-19)28-26(30)25-17-29(23-16-20(27)10-15-24(23)33-25)34(31,32)22-13-6-18(2)7-14-22/h6-16,25H,3-5,17H2,1-2H3,(H,28,30). The van der Waals surface area contributed by atoms with Crippen LogP contribution < -0.4 is 14.4 Å². The van der Waals surface area contributed by atoms with E-state index in [0.717, 1.165) is 24.8 Å². The van der Waals surface area contributed by atoms with Crippen molar-refractivity contribution in [1.82, 2.24) is 0 Å². The molecule has 0 spiro atoms. The molecule has 1 amide bonds. The van der Waals surface area contributed by atoms with Gasteiger partial charge in [0.05, 0.1) is 17.1 Å². The van der Waals surface area contributed by atoms with Gasteiger partial charge in [0.15, 0.2) is 6.10 Å². The van der Waals surface area contributed by atoms with Crippen molar-refractivity contribution < 1.29 is 17.9 Å². The highest BCUT2D eigenvalue weighted by Gasteiger charge is 2.37. The predicted molar refractivity (Wildman–Crippen MR) is 135 cm³/mol. The summed E-state index contributed by atoms with van der Waals surface area (Å²) in [6.45, 7) is 3.86. The molecule has 0 bridgehead atoms. The largest absolute Gasteiger partial charge is 0.476 e. The fourth-order valence-corrected chi connectivity index (χ4v) is 5.42. The van der Waals surface area contributed by atoms with Crippen LogP contribution >= 0.6 is 11.6 Å². The fraction of sp³-hybridized carbons (Fsp3) is 0.269. The number of hydrogen-bond acceptors (Lipinski definition) is 4. The number of carbonyl (C=O) groups excluding carboxylic acids is 1. The Morgan fingerprint density at radius 3 is 2.47 bits per heavy atom. The monoisotopic (exact) mass is 498 g/mol. The van der Waals surface area contributed by atoms with Gasteiger partial charge in [-0.25, -0.2) is 8.42 Å². The van der Waals surface area contributed by atoms with Crippen molar-refractivity contribution in [2.75, 3.05) is 16.2 Å². The van der Waals surface area contributed by atoms with Crippen molar-refractivity contribution >= 4 is 38.9 Å². The summed E-state index contributed by atoms with van der Waals surface area (Å²) in [5, 5.41) is 3.22. The van der Waals surface area contributed by atoms with E-state index in [1.165, 1.54) is 15.9 Å². The predicted octanol–water partition coefficient (Wildman–Crippen LogP) is 5.59. The number of halogens is 1. The van der Waals surface area contributed by atoms with Gasteiger partial charge in [0, 0.05) is 10.7 Å². The molecule has 6 nitrogen and oxygen atoms in total. The number of ether oxygens (including phenoxy) is 1. The molecule has 1 aliphatic heterocycles. The normalized spacial score (nSPS) is 15.4. The molecule has 0 saturated carbocycles. The van der Waals surface area contributed by atoms with E-state index in [0.29, 0.717) is 16.4 Å². The molecule has 1 unspecified atom stereocenters. The number of anilines is 2. The number of amides is 1. The van der Waals surface area contributed by atoms with Gasteiger partial charge in [-0.3, -0.25) is 9.10 Å². The quantitative estimate of drug-likeness (QED) is 0.461. The van der Waals surface area contributed by atoms with Crippen LogP contribution in [-0.4, -0.2) is 27.0 Å². The number of carbonyl (C=O) groups is 1. The number of sulfonamides is 1. The van der Waals surface area contributed by atoms with Crippen molar-refractivity contribution in [3.05, 3.63) is 82.9 Å². The van der Waals surface area contributed by atoms with E-state index in [-0.39, 0.29) is 17.2 Å². The minimum absolute atomic E-state index is 0.132. The van der Waals surface area contributed by atoms with Gasteiger partial charge in [0.1, 0.15) is 5.75 Å². The fourth-order valence-electron chi connectivity index (χ4n) is 3.78. The van der Waals surface area contributed by atoms with Gasteiger partial charge in [-0.05, 0) is 67.8 Å². The van der Waals surface area contributed by atoms with Gasteiger partial charge >= 0.3 is 0 Å². The topological polar surface area (TPSA) is 75.7 Å². The Kier molecular flexibility index (Phi) is 7.14. The highest BCUT2D eigenvalue weighted by Crippen LogP contribution is 2.39. The van der Waals surface area contributed by atoms with Crippen LogP contribution in [0.1, 0.15) is 30.9 Å². The molecule has 3 aromatic carbocycles. The molecule has 4 rings (SSSR count). The molecule has 34 heavy (non-hydrogen) atoms. The average molecular weight is 499 g/mol. The van der Waals surface area contributed by atoms with Crippen LogP contribution in [0, 0.1) is 6.92 Å². The SMILES string of the molecule is CCCCc1ccc(NC(=O)C2CN(S(=O)(=O)c3ccc(C)cc3)c3cc(Cl)ccc3O2)cc1. The summed E-state index contributed by atoms with van der Waals surface area (Å²) in [4.78, 5) is 13.2. The Bertz CT molecular complexity index is 1280. The van der Waals surface area contributed by atoms with E-state index in [4.69, 9.17) is 16.3 Å². The molecule has 178 valence electrons. The first-order valence-electron chi connectivity index (χ1n) is 11.2. The first-order valence-corrected chi connectivity index (χ1v) is 13.0. The lowest BCUT2D eigenvalue weighted by atomic mass is 10.1. The highest BCUT2D eigenvalue weighted by atomic mass is 35.5. The zero-order valence-electron chi connectivity index (χ0n) is 19.1. The molecule has 8 heteroatoms. The van der Waals surface area contributed by atoms with Crippen molar-refractivity contribution in [3.63, 3.8) is 0 Å². The molecule has 3 aromatic rings. The lowest BCUT2D eigenvalue weighted by Crippen LogP contribution is -2.48. The molecule has 1 atom stereocenters. The lowest BCUT2D eigenvalue weighted by Gasteiger charge is -2.35. The van der Waals surface area contributed by atoms with E-state index < -0.39 is 22.0 Å². The molecule has 0 saturated heterocycles. The number of fused-ring (bicyclic) bond motifs is 1. The van der Waals surface area contributed by atoms with E-state index in [1.807, 2.05) is 31.2 Å². The van der Waals surface area contributed by atoms with Gasteiger partial charge in [0.2, 0.25) is 0 Å². The number of rotatable bonds is 7. The van der Waals surface area contributed by atoms with Crippen LogP contribution in [0.3, 0.4) is 0 Å². The van der Waals surface area contributed by atoms with E-state index >= 15 is 0 Å². The second-order valence-electron chi connectivity index (χ2n) is 8.36. The summed E-state index contributed by atoms with van der Waals surface area (Å²) in [5.74, 6) is -0.146. The van der Waals surface area contributed by atoms with Crippen molar-refractivity contribution in [2.45, 2.75) is 44.1 Å². The number of unbranched alkanes of at least 4 members (excludes halogenated alkanes) is 1. The second kappa shape index (κ2) is 10.1. The minimum atomic E-state index is -3.95. The molecule has 0 aromatic heterocycles. The Hall–Kier alpha value is -3.03. The van der Waals surface area contributed by atoms with Crippen molar-refractivity contribution in [1.29, 1.82) is 0 Å². The molecule has 1 heterocycles. The number of nitrogens with zero attached hydrogens (tertiary/aromatic N) is 1. The van der Waals surface area contributed by atoms with Crippen LogP contribution in [-0.2, 0) is 21.2 Å². The Morgan fingerprint density at radius 2 is 1.79 bits per heavy atom. The number of hydrogen-bond donors (Lipinski definition) is 1. The Labute approximate surface area is 205 Å². The molecule has 1 aliphatic rings. The molecule has 0 aliphatic carbocycles. The maximum atomic E-state index is 13.5. The lowest BCUT2D eigenvalue weighted by molar-refractivity contribution is -0.122. The van der Waals surface area contributed by atoms with Gasteiger partial charge in [0.25, 0.3) is 15.9 Å². The first-order chi connectivity index (χ1) is 16.3. The van der Waals surface area contributed by atoms with E-state index in [2.05, 4.69) is 12.2 Å². The van der Waals surface area contributed by atoms with Crippen molar-refractivity contribution in [3.8, 4) is 5.75 Å². The maximum Gasteiger partial charge on any atom is 0.267 e. The van der Waals surface area contributed by atoms with Crippen LogP contribution in [0.15, 0.2) is 71.6 Å². The van der Waals surface area contributed by atoms with E-state index in [9.17, 15) is 13.2 Å². The number of nitrogens with one attached hydrogen (secondary N) is 1. The van der Waals surface area contributed by atoms with Gasteiger partial charge < -0.3 is 10.1 Å². The number of aryl methyl sites for hydroxylation is 2. The van der Waals surface area contributed by atoms with E-state index in [1.54, 1.807) is 36.4 Å². The third-order valence-electron chi connectivity index (χ3n) is 5.73. The number of benzene rings is 3. The molecule has 0 radical (unpaired) electrons. The summed E-state index contributed by atoms with van der Waals surface area (Å²) in [7, 11) is -3.95. The first kappa shape index (κ1) is 24.1. The van der Waals surface area contributed by atoms with Crippen LogP contribution in [0.25, 0.3) is 0 Å². The van der Waals surface area contributed by atoms with Crippen molar-refractivity contribution in [2.24, 2.45) is 0 Å². The zero-order valence-corrected chi connectivity index (χ0v) is 20.7. The van der Waals surface area contributed by atoms with Gasteiger partial charge in [-0.15, -0.1) is 0 Å². The summed E-state index contributed by atoms with van der Waals surface area (Å²) < 4.78 is 34.1. The summed E-state index contributed by atoms with van der Waals surface area (Å²) in [6, 6.07) is 19.0. The van der Waals surface area contributed by atoms with Gasteiger partial charge in [-0.2, -0.15) is 0 Å². The minimum Gasteiger partial charge on any atom is -0.476 e. The third-order valence-corrected chi connectivity index (χ3v) is 7.76. The second-order valence-corrected chi connectivity index (χ2v) is 10.7. The summed E-state index contributed by atoms with van der Waals surface area (Å²) in [5.41, 5.74) is 3.08. The maximum absolute atomic E-state index is 13.5. The van der Waals surface area contributed by atoms with Gasteiger partial charge in [-0.1, -0.05) is 54.8 Å². The third kappa shape index (κ3) is 5.21. The Morgan fingerprint density at radius 1 is 1.09 bits per heavy atom. The summed E-state index contributed by atoms with van der Waals surface area (Å²) in [6.07, 6.45) is 2.18. The molecular formula is C26H27ClN2O4S. The highest BCUT2D eigenvalue weighted by molar-refractivity contribution is 7.92. The Balaban J connectivity index is 1.60. The zero-order chi connectivity index (χ0) is 24.3. The molecular weight excluding hydrogens is 472 g/mol. The van der Waals surface area contributed by atoms with Crippen LogP contribution in [0.4, 0.5) is 11.4 Å². The average Bonchev–Trinajstić information content (AvgIpc) is 2.83. The van der Waals surface area contributed by atoms with Crippen LogP contribution in [0.2, 0.25) is 5.02 Å².